The summed E-state index contributed by atoms with van der Waals surface area (Å²) < 4.78 is -0.796. The van der Waals surface area contributed by atoms with E-state index in [1.807, 2.05) is 0 Å². The van der Waals surface area contributed by atoms with Crippen LogP contribution in [0.4, 0.5) is 0 Å². The van der Waals surface area contributed by atoms with Crippen molar-refractivity contribution in [2.75, 3.05) is 0 Å². The average molecular weight is 252 g/mol. The van der Waals surface area contributed by atoms with Gasteiger partial charge in [0.15, 0.2) is 0 Å². The van der Waals surface area contributed by atoms with E-state index in [1.54, 1.807) is 13.8 Å². The minimum Gasteiger partial charge on any atom is -0.480 e. The Morgan fingerprint density at radius 3 is 1.88 bits per heavy atom. The SMILES string of the molecule is Cc1cc(C)c(C)c(SC(C)(C)C(=O)O)c1C. The Labute approximate surface area is 107 Å². The maximum atomic E-state index is 11.2. The summed E-state index contributed by atoms with van der Waals surface area (Å²) in [5.74, 6) is -0.777. The quantitative estimate of drug-likeness (QED) is 0.830. The summed E-state index contributed by atoms with van der Waals surface area (Å²) in [7, 11) is 0. The summed E-state index contributed by atoms with van der Waals surface area (Å²) >= 11 is 1.44. The molecule has 0 heterocycles. The first-order valence-corrected chi connectivity index (χ1v) is 6.48. The van der Waals surface area contributed by atoms with Crippen molar-refractivity contribution >= 4 is 17.7 Å². The molecule has 0 aliphatic carbocycles. The number of hydrogen-bond acceptors (Lipinski definition) is 2. The monoisotopic (exact) mass is 252 g/mol. The van der Waals surface area contributed by atoms with Crippen molar-refractivity contribution in [3.8, 4) is 0 Å². The summed E-state index contributed by atoms with van der Waals surface area (Å²) in [5, 5.41) is 9.20. The number of benzene rings is 1. The molecule has 1 aromatic carbocycles. The largest absolute Gasteiger partial charge is 0.480 e. The van der Waals surface area contributed by atoms with Crippen LogP contribution in [-0.2, 0) is 4.79 Å². The van der Waals surface area contributed by atoms with Gasteiger partial charge in [-0.05, 0) is 63.8 Å². The number of aliphatic carboxylic acids is 1. The molecule has 94 valence electrons. The lowest BCUT2D eigenvalue weighted by Gasteiger charge is -2.23. The minimum absolute atomic E-state index is 0.777. The Morgan fingerprint density at radius 1 is 1.12 bits per heavy atom. The summed E-state index contributed by atoms with van der Waals surface area (Å²) in [6.07, 6.45) is 0. The van der Waals surface area contributed by atoms with Gasteiger partial charge in [0.2, 0.25) is 0 Å². The first kappa shape index (κ1) is 14.1. The zero-order chi connectivity index (χ0) is 13.4. The highest BCUT2D eigenvalue weighted by molar-refractivity contribution is 8.01. The molecule has 0 saturated heterocycles. The highest BCUT2D eigenvalue weighted by atomic mass is 32.2. The number of carboxylic acid groups (broad SMARTS) is 1. The van der Waals surface area contributed by atoms with Crippen molar-refractivity contribution in [2.45, 2.75) is 51.2 Å². The Kier molecular flexibility index (Phi) is 3.92. The van der Waals surface area contributed by atoms with E-state index in [0.717, 1.165) is 4.90 Å². The molecule has 0 unspecified atom stereocenters. The van der Waals surface area contributed by atoms with Gasteiger partial charge >= 0.3 is 5.97 Å². The van der Waals surface area contributed by atoms with Crippen molar-refractivity contribution in [1.82, 2.24) is 0 Å². The predicted octanol–water partition coefficient (Wildman–Crippen LogP) is 3.88. The van der Waals surface area contributed by atoms with Crippen LogP contribution in [0.25, 0.3) is 0 Å². The molecule has 3 heteroatoms. The number of aryl methyl sites for hydroxylation is 2. The molecule has 0 aliphatic heterocycles. The Hall–Kier alpha value is -0.960. The van der Waals surface area contributed by atoms with Crippen LogP contribution in [0.2, 0.25) is 0 Å². The van der Waals surface area contributed by atoms with Gasteiger partial charge in [0.05, 0.1) is 0 Å². The van der Waals surface area contributed by atoms with Crippen LogP contribution < -0.4 is 0 Å². The Bertz CT molecular complexity index is 436. The van der Waals surface area contributed by atoms with E-state index < -0.39 is 10.7 Å². The molecule has 0 aliphatic rings. The van der Waals surface area contributed by atoms with Crippen LogP contribution in [0.5, 0.6) is 0 Å². The number of carboxylic acids is 1. The molecule has 0 amide bonds. The van der Waals surface area contributed by atoms with Crippen LogP contribution in [0.3, 0.4) is 0 Å². The summed E-state index contributed by atoms with van der Waals surface area (Å²) in [6.45, 7) is 11.7. The van der Waals surface area contributed by atoms with Gasteiger partial charge in [-0.15, -0.1) is 11.8 Å². The maximum absolute atomic E-state index is 11.2. The second-order valence-corrected chi connectivity index (χ2v) is 6.64. The fourth-order valence-electron chi connectivity index (χ4n) is 1.63. The fourth-order valence-corrected chi connectivity index (χ4v) is 2.86. The smallest absolute Gasteiger partial charge is 0.319 e. The lowest BCUT2D eigenvalue weighted by atomic mass is 10.0. The lowest BCUT2D eigenvalue weighted by Crippen LogP contribution is -2.27. The topological polar surface area (TPSA) is 37.3 Å². The van der Waals surface area contributed by atoms with Crippen molar-refractivity contribution in [2.24, 2.45) is 0 Å². The molecule has 0 fully saturated rings. The van der Waals surface area contributed by atoms with Gasteiger partial charge in [0, 0.05) is 4.90 Å². The molecule has 0 aromatic heterocycles. The zero-order valence-corrected chi connectivity index (χ0v) is 12.2. The van der Waals surface area contributed by atoms with E-state index in [2.05, 4.69) is 33.8 Å². The normalized spacial score (nSPS) is 11.6. The molecule has 1 aromatic rings. The third kappa shape index (κ3) is 2.83. The van der Waals surface area contributed by atoms with E-state index in [9.17, 15) is 9.90 Å². The zero-order valence-electron chi connectivity index (χ0n) is 11.3. The molecular weight excluding hydrogens is 232 g/mol. The van der Waals surface area contributed by atoms with E-state index in [0.29, 0.717) is 0 Å². The highest BCUT2D eigenvalue weighted by Gasteiger charge is 2.30. The Morgan fingerprint density at radius 2 is 1.53 bits per heavy atom. The Balaban J connectivity index is 3.28. The molecule has 1 rings (SSSR count). The molecule has 0 atom stereocenters. The number of carbonyl (C=O) groups is 1. The molecule has 2 nitrogen and oxygen atoms in total. The van der Waals surface area contributed by atoms with Crippen molar-refractivity contribution in [3.63, 3.8) is 0 Å². The molecule has 0 saturated carbocycles. The van der Waals surface area contributed by atoms with Crippen molar-refractivity contribution in [1.29, 1.82) is 0 Å². The molecule has 0 radical (unpaired) electrons. The molecular formula is C14H20O2S. The standard InChI is InChI=1S/C14H20O2S/c1-8-7-9(2)11(4)12(10(8)3)17-14(5,6)13(15)16/h7H,1-6H3,(H,15,16). The van der Waals surface area contributed by atoms with Crippen molar-refractivity contribution < 1.29 is 9.90 Å². The summed E-state index contributed by atoms with van der Waals surface area (Å²) in [6, 6.07) is 2.16. The summed E-state index contributed by atoms with van der Waals surface area (Å²) in [4.78, 5) is 12.3. The van der Waals surface area contributed by atoms with Crippen molar-refractivity contribution in [3.05, 3.63) is 28.3 Å². The van der Waals surface area contributed by atoms with Gasteiger partial charge < -0.3 is 5.11 Å². The van der Waals surface area contributed by atoms with Crippen LogP contribution >= 0.6 is 11.8 Å². The van der Waals surface area contributed by atoms with E-state index >= 15 is 0 Å². The van der Waals surface area contributed by atoms with Crippen LogP contribution in [-0.4, -0.2) is 15.8 Å². The van der Waals surface area contributed by atoms with Crippen LogP contribution in [0.1, 0.15) is 36.1 Å². The maximum Gasteiger partial charge on any atom is 0.319 e. The van der Waals surface area contributed by atoms with Gasteiger partial charge in [-0.1, -0.05) is 6.07 Å². The van der Waals surface area contributed by atoms with E-state index in [1.165, 1.54) is 34.0 Å². The first-order valence-electron chi connectivity index (χ1n) is 5.66. The number of thioether (sulfide) groups is 1. The van der Waals surface area contributed by atoms with Gasteiger partial charge in [-0.3, -0.25) is 4.79 Å². The third-order valence-corrected chi connectivity index (χ3v) is 4.67. The van der Waals surface area contributed by atoms with Crippen LogP contribution in [0.15, 0.2) is 11.0 Å². The molecule has 1 N–H and O–H groups in total. The van der Waals surface area contributed by atoms with Gasteiger partial charge in [0.25, 0.3) is 0 Å². The number of rotatable bonds is 3. The van der Waals surface area contributed by atoms with E-state index in [4.69, 9.17) is 0 Å². The molecule has 0 bridgehead atoms. The van der Waals surface area contributed by atoms with Gasteiger partial charge in [0.1, 0.15) is 4.75 Å². The lowest BCUT2D eigenvalue weighted by molar-refractivity contribution is -0.138. The van der Waals surface area contributed by atoms with Gasteiger partial charge in [-0.25, -0.2) is 0 Å². The second-order valence-electron chi connectivity index (χ2n) is 5.01. The summed E-state index contributed by atoms with van der Waals surface area (Å²) in [5.41, 5.74) is 4.81. The fraction of sp³-hybridized carbons (Fsp3) is 0.500. The molecule has 0 spiro atoms. The number of hydrogen-bond donors (Lipinski definition) is 1. The van der Waals surface area contributed by atoms with E-state index in [-0.39, 0.29) is 0 Å². The highest BCUT2D eigenvalue weighted by Crippen LogP contribution is 2.38. The third-order valence-electron chi connectivity index (χ3n) is 3.17. The first-order chi connectivity index (χ1) is 7.66. The minimum atomic E-state index is -0.796. The van der Waals surface area contributed by atoms with Gasteiger partial charge in [-0.2, -0.15) is 0 Å². The average Bonchev–Trinajstić information content (AvgIpc) is 2.21. The molecule has 17 heavy (non-hydrogen) atoms. The predicted molar refractivity (Wildman–Crippen MR) is 73.0 cm³/mol. The van der Waals surface area contributed by atoms with Crippen LogP contribution in [0, 0.1) is 27.7 Å². The second kappa shape index (κ2) is 4.73.